The molecule has 0 aromatic rings. The second-order valence-corrected chi connectivity index (χ2v) is 5.02. The van der Waals surface area contributed by atoms with Crippen molar-refractivity contribution in [3.05, 3.63) is 0 Å². The lowest BCUT2D eigenvalue weighted by molar-refractivity contribution is -0.128. The third kappa shape index (κ3) is 3.66. The van der Waals surface area contributed by atoms with Crippen LogP contribution in [-0.4, -0.2) is 25.7 Å². The predicted molar refractivity (Wildman–Crippen MR) is 56.0 cm³/mol. The second kappa shape index (κ2) is 4.78. The van der Waals surface area contributed by atoms with E-state index in [1.165, 1.54) is 0 Å². The summed E-state index contributed by atoms with van der Waals surface area (Å²) >= 11 is 0. The molecule has 0 atom stereocenters. The van der Waals surface area contributed by atoms with E-state index >= 15 is 0 Å². The Kier molecular flexibility index (Phi) is 3.93. The van der Waals surface area contributed by atoms with Gasteiger partial charge in [-0.15, -0.1) is 0 Å². The summed E-state index contributed by atoms with van der Waals surface area (Å²) in [5.41, 5.74) is -0.273. The van der Waals surface area contributed by atoms with Crippen molar-refractivity contribution in [2.24, 2.45) is 11.3 Å². The molecule has 0 unspecified atom stereocenters. The van der Waals surface area contributed by atoms with Crippen LogP contribution in [0.3, 0.4) is 0 Å². The second-order valence-electron chi connectivity index (χ2n) is 5.02. The molecular weight excluding hydrogens is 178 g/mol. The van der Waals surface area contributed by atoms with Gasteiger partial charge in [0.1, 0.15) is 0 Å². The number of ether oxygens (including phenoxy) is 1. The number of amides is 1. The fraction of sp³-hybridized carbons (Fsp3) is 0.909. The first-order chi connectivity index (χ1) is 6.50. The summed E-state index contributed by atoms with van der Waals surface area (Å²) in [6.45, 7) is 8.30. The maximum Gasteiger partial charge on any atom is 0.225 e. The molecule has 0 aliphatic carbocycles. The molecule has 1 N–H and O–H groups in total. The number of nitrogens with one attached hydrogen (secondary N) is 1. The van der Waals surface area contributed by atoms with E-state index in [2.05, 4.69) is 5.32 Å². The molecule has 0 saturated carbocycles. The first-order valence-corrected chi connectivity index (χ1v) is 5.36. The highest BCUT2D eigenvalue weighted by atomic mass is 16.5. The topological polar surface area (TPSA) is 38.3 Å². The molecule has 1 amide bonds. The molecule has 1 rings (SSSR count). The molecule has 14 heavy (non-hydrogen) atoms. The summed E-state index contributed by atoms with van der Waals surface area (Å²) in [5.74, 6) is 0.749. The molecule has 0 aromatic heterocycles. The van der Waals surface area contributed by atoms with E-state index in [1.807, 2.05) is 20.8 Å². The van der Waals surface area contributed by atoms with Crippen LogP contribution in [0.2, 0.25) is 0 Å². The third-order valence-electron chi connectivity index (χ3n) is 2.57. The highest BCUT2D eigenvalue weighted by Gasteiger charge is 2.22. The van der Waals surface area contributed by atoms with Gasteiger partial charge in [0.05, 0.1) is 0 Å². The summed E-state index contributed by atoms with van der Waals surface area (Å²) in [6.07, 6.45) is 2.15. The molecule has 0 aromatic carbocycles. The normalized spacial score (nSPS) is 19.4. The fourth-order valence-corrected chi connectivity index (χ4v) is 1.45. The molecule has 1 aliphatic rings. The van der Waals surface area contributed by atoms with Crippen LogP contribution in [-0.2, 0) is 9.53 Å². The highest BCUT2D eigenvalue weighted by Crippen LogP contribution is 2.16. The molecule has 1 fully saturated rings. The Labute approximate surface area is 86.2 Å². The summed E-state index contributed by atoms with van der Waals surface area (Å²) in [5, 5.41) is 3.00. The third-order valence-corrected chi connectivity index (χ3v) is 2.57. The van der Waals surface area contributed by atoms with Crippen LogP contribution in [0.5, 0.6) is 0 Å². The summed E-state index contributed by atoms with van der Waals surface area (Å²) < 4.78 is 5.26. The Morgan fingerprint density at radius 1 is 1.36 bits per heavy atom. The zero-order chi connectivity index (χ0) is 10.6. The van der Waals surface area contributed by atoms with Gasteiger partial charge in [0.15, 0.2) is 0 Å². The van der Waals surface area contributed by atoms with Crippen molar-refractivity contribution in [1.82, 2.24) is 5.32 Å². The van der Waals surface area contributed by atoms with Gasteiger partial charge in [-0.1, -0.05) is 20.8 Å². The lowest BCUT2D eigenvalue weighted by Gasteiger charge is -2.24. The van der Waals surface area contributed by atoms with Crippen molar-refractivity contribution in [3.8, 4) is 0 Å². The molecule has 3 heteroatoms. The Balaban J connectivity index is 2.22. The lowest BCUT2D eigenvalue weighted by atomic mass is 9.94. The van der Waals surface area contributed by atoms with Crippen molar-refractivity contribution < 1.29 is 9.53 Å². The van der Waals surface area contributed by atoms with Crippen LogP contribution in [0.15, 0.2) is 0 Å². The minimum absolute atomic E-state index is 0.143. The van der Waals surface area contributed by atoms with Crippen LogP contribution in [0, 0.1) is 11.3 Å². The van der Waals surface area contributed by atoms with Crippen molar-refractivity contribution in [2.45, 2.75) is 33.6 Å². The van der Waals surface area contributed by atoms with Gasteiger partial charge in [0, 0.05) is 25.2 Å². The van der Waals surface area contributed by atoms with E-state index in [9.17, 15) is 4.79 Å². The van der Waals surface area contributed by atoms with Crippen molar-refractivity contribution in [2.75, 3.05) is 19.8 Å². The first kappa shape index (κ1) is 11.5. The van der Waals surface area contributed by atoms with Crippen molar-refractivity contribution in [3.63, 3.8) is 0 Å². The predicted octanol–water partition coefficient (Wildman–Crippen LogP) is 1.58. The average Bonchev–Trinajstić information content (AvgIpc) is 2.14. The number of hydrogen-bond acceptors (Lipinski definition) is 2. The highest BCUT2D eigenvalue weighted by molar-refractivity contribution is 5.81. The minimum atomic E-state index is -0.273. The molecule has 0 radical (unpaired) electrons. The van der Waals surface area contributed by atoms with Crippen LogP contribution < -0.4 is 5.32 Å². The zero-order valence-electron chi connectivity index (χ0n) is 9.43. The Morgan fingerprint density at radius 2 is 1.93 bits per heavy atom. The monoisotopic (exact) mass is 199 g/mol. The van der Waals surface area contributed by atoms with Crippen molar-refractivity contribution in [1.29, 1.82) is 0 Å². The van der Waals surface area contributed by atoms with Gasteiger partial charge in [-0.2, -0.15) is 0 Å². The van der Waals surface area contributed by atoms with Crippen LogP contribution in [0.4, 0.5) is 0 Å². The Hall–Kier alpha value is -0.570. The van der Waals surface area contributed by atoms with Crippen LogP contribution in [0.1, 0.15) is 33.6 Å². The fourth-order valence-electron chi connectivity index (χ4n) is 1.45. The zero-order valence-corrected chi connectivity index (χ0v) is 9.43. The number of hydrogen-bond donors (Lipinski definition) is 1. The molecule has 3 nitrogen and oxygen atoms in total. The Morgan fingerprint density at radius 3 is 2.43 bits per heavy atom. The molecule has 1 aliphatic heterocycles. The lowest BCUT2D eigenvalue weighted by Crippen LogP contribution is -2.38. The minimum Gasteiger partial charge on any atom is -0.381 e. The number of rotatable bonds is 2. The molecule has 1 heterocycles. The van der Waals surface area contributed by atoms with Gasteiger partial charge in [-0.3, -0.25) is 4.79 Å². The smallest absolute Gasteiger partial charge is 0.225 e. The maximum absolute atomic E-state index is 11.6. The average molecular weight is 199 g/mol. The standard InChI is InChI=1S/C11H21NO2/c1-11(2,3)10(13)12-8-9-4-6-14-7-5-9/h9H,4-8H2,1-3H3,(H,12,13). The molecular formula is C11H21NO2. The molecule has 1 saturated heterocycles. The quantitative estimate of drug-likeness (QED) is 0.733. The van der Waals surface area contributed by atoms with Gasteiger partial charge >= 0.3 is 0 Å². The summed E-state index contributed by atoms with van der Waals surface area (Å²) in [4.78, 5) is 11.6. The van der Waals surface area contributed by atoms with E-state index in [-0.39, 0.29) is 11.3 Å². The van der Waals surface area contributed by atoms with Gasteiger partial charge in [-0.25, -0.2) is 0 Å². The molecule has 82 valence electrons. The van der Waals surface area contributed by atoms with Crippen LogP contribution in [0.25, 0.3) is 0 Å². The van der Waals surface area contributed by atoms with E-state index in [0.29, 0.717) is 5.92 Å². The van der Waals surface area contributed by atoms with Gasteiger partial charge in [0.25, 0.3) is 0 Å². The van der Waals surface area contributed by atoms with E-state index < -0.39 is 0 Å². The van der Waals surface area contributed by atoms with Gasteiger partial charge < -0.3 is 10.1 Å². The molecule has 0 spiro atoms. The Bertz CT molecular complexity index is 190. The first-order valence-electron chi connectivity index (χ1n) is 5.36. The van der Waals surface area contributed by atoms with E-state index in [0.717, 1.165) is 32.6 Å². The maximum atomic E-state index is 11.6. The number of carbonyl (C=O) groups is 1. The van der Waals surface area contributed by atoms with Crippen molar-refractivity contribution >= 4 is 5.91 Å². The van der Waals surface area contributed by atoms with Gasteiger partial charge in [-0.05, 0) is 18.8 Å². The van der Waals surface area contributed by atoms with Gasteiger partial charge in [0.2, 0.25) is 5.91 Å². The SMILES string of the molecule is CC(C)(C)C(=O)NCC1CCOCC1. The van der Waals surface area contributed by atoms with Crippen LogP contribution >= 0.6 is 0 Å². The number of carbonyl (C=O) groups excluding carboxylic acids is 1. The molecule has 0 bridgehead atoms. The van der Waals surface area contributed by atoms with E-state index in [4.69, 9.17) is 4.74 Å². The largest absolute Gasteiger partial charge is 0.381 e. The summed E-state index contributed by atoms with van der Waals surface area (Å²) in [7, 11) is 0. The summed E-state index contributed by atoms with van der Waals surface area (Å²) in [6, 6.07) is 0. The van der Waals surface area contributed by atoms with E-state index in [1.54, 1.807) is 0 Å².